The van der Waals surface area contributed by atoms with Crippen molar-refractivity contribution in [1.29, 1.82) is 0 Å². The summed E-state index contributed by atoms with van der Waals surface area (Å²) >= 11 is 0. The molecule has 0 spiro atoms. The molecule has 38 heavy (non-hydrogen) atoms. The van der Waals surface area contributed by atoms with Crippen LogP contribution in [0.2, 0.25) is 0 Å². The van der Waals surface area contributed by atoms with Gasteiger partial charge in [0.2, 0.25) is 0 Å². The summed E-state index contributed by atoms with van der Waals surface area (Å²) in [4.78, 5) is 26.7. The summed E-state index contributed by atoms with van der Waals surface area (Å²) in [5.41, 5.74) is 8.07. The number of hydrogen-bond acceptors (Lipinski definition) is 8. The van der Waals surface area contributed by atoms with E-state index < -0.39 is 0 Å². The molecule has 0 bridgehead atoms. The van der Waals surface area contributed by atoms with E-state index in [-0.39, 0.29) is 0 Å². The van der Waals surface area contributed by atoms with Gasteiger partial charge in [0.15, 0.2) is 11.5 Å². The molecule has 1 fully saturated rings. The Labute approximate surface area is 221 Å². The molecule has 1 aliphatic heterocycles. The van der Waals surface area contributed by atoms with Crippen molar-refractivity contribution in [3.8, 4) is 22.6 Å². The van der Waals surface area contributed by atoms with Gasteiger partial charge in [0, 0.05) is 55.4 Å². The number of nitrogens with zero attached hydrogens (tertiary/aromatic N) is 7. The number of fused-ring (bicyclic) bond motifs is 2. The third kappa shape index (κ3) is 4.70. The van der Waals surface area contributed by atoms with Gasteiger partial charge in [0.25, 0.3) is 0 Å². The van der Waals surface area contributed by atoms with Gasteiger partial charge in [-0.3, -0.25) is 15.1 Å². The summed E-state index contributed by atoms with van der Waals surface area (Å²) in [7, 11) is 2.15. The Kier molecular flexibility index (Phi) is 6.24. The summed E-state index contributed by atoms with van der Waals surface area (Å²) in [5.74, 6) is 1.24. The zero-order valence-corrected chi connectivity index (χ0v) is 22.0. The molecule has 5 aromatic heterocycles. The second-order valence-electron chi connectivity index (χ2n) is 10.4. The van der Waals surface area contributed by atoms with Crippen LogP contribution in [-0.4, -0.2) is 73.2 Å². The fourth-order valence-electron chi connectivity index (χ4n) is 4.97. The number of aromatic amines is 2. The van der Waals surface area contributed by atoms with Crippen molar-refractivity contribution in [3.63, 3.8) is 0 Å². The molecule has 0 radical (unpaired) electrons. The van der Waals surface area contributed by atoms with Crippen LogP contribution in [0.3, 0.4) is 0 Å². The topological polar surface area (TPSA) is 115 Å². The molecule has 3 N–H and O–H groups in total. The first-order chi connectivity index (χ1) is 18.4. The Hall–Kier alpha value is -4.31. The Morgan fingerprint density at radius 2 is 1.82 bits per heavy atom. The van der Waals surface area contributed by atoms with Crippen molar-refractivity contribution >= 4 is 33.4 Å². The van der Waals surface area contributed by atoms with Crippen molar-refractivity contribution in [1.82, 2.24) is 40.0 Å². The molecule has 6 rings (SSSR count). The maximum atomic E-state index is 4.99. The van der Waals surface area contributed by atoms with Gasteiger partial charge in [-0.25, -0.2) is 9.97 Å². The van der Waals surface area contributed by atoms with E-state index in [1.165, 1.54) is 0 Å². The van der Waals surface area contributed by atoms with E-state index in [9.17, 15) is 0 Å². The SMILES string of the molecule is C=C(CC(C)C)Nc1cncc(-c2cnc3n[nH]c(-c4nc5c(N6CCN(C)CC6)cncc5[nH]4)c3c2)c1. The van der Waals surface area contributed by atoms with Crippen LogP contribution in [0, 0.1) is 5.92 Å². The minimum absolute atomic E-state index is 0.531. The summed E-state index contributed by atoms with van der Waals surface area (Å²) in [6.45, 7) is 12.4. The Morgan fingerprint density at radius 1 is 1.03 bits per heavy atom. The summed E-state index contributed by atoms with van der Waals surface area (Å²) < 4.78 is 0. The zero-order chi connectivity index (χ0) is 26.2. The molecule has 1 saturated heterocycles. The Morgan fingerprint density at radius 3 is 2.63 bits per heavy atom. The number of aromatic nitrogens is 7. The smallest absolute Gasteiger partial charge is 0.181 e. The normalized spacial score (nSPS) is 14.6. The third-order valence-electron chi connectivity index (χ3n) is 6.91. The number of imidazole rings is 1. The molecule has 0 amide bonds. The fourth-order valence-corrected chi connectivity index (χ4v) is 4.97. The largest absolute Gasteiger partial charge is 0.366 e. The van der Waals surface area contributed by atoms with Gasteiger partial charge in [0.1, 0.15) is 11.2 Å². The number of allylic oxidation sites excluding steroid dienone is 1. The molecule has 0 unspecified atom stereocenters. The molecule has 6 heterocycles. The number of nitrogens with one attached hydrogen (secondary N) is 3. The predicted molar refractivity (Wildman–Crippen MR) is 152 cm³/mol. The average molecular weight is 509 g/mol. The van der Waals surface area contributed by atoms with Crippen molar-refractivity contribution in [2.45, 2.75) is 20.3 Å². The lowest BCUT2D eigenvalue weighted by molar-refractivity contribution is 0.313. The first kappa shape index (κ1) is 24.1. The lowest BCUT2D eigenvalue weighted by Crippen LogP contribution is -2.44. The number of pyridine rings is 3. The van der Waals surface area contributed by atoms with Crippen LogP contribution in [0.1, 0.15) is 20.3 Å². The predicted octanol–water partition coefficient (Wildman–Crippen LogP) is 4.68. The lowest BCUT2D eigenvalue weighted by Gasteiger charge is -2.33. The highest BCUT2D eigenvalue weighted by atomic mass is 15.3. The molecular formula is C28H32N10. The minimum atomic E-state index is 0.531. The van der Waals surface area contributed by atoms with E-state index in [0.717, 1.165) is 82.9 Å². The number of anilines is 2. The first-order valence-corrected chi connectivity index (χ1v) is 13.0. The molecule has 10 heteroatoms. The van der Waals surface area contributed by atoms with Crippen LogP contribution in [0.15, 0.2) is 55.4 Å². The van der Waals surface area contributed by atoms with Crippen molar-refractivity contribution < 1.29 is 0 Å². The van der Waals surface area contributed by atoms with Crippen LogP contribution in [-0.2, 0) is 0 Å². The summed E-state index contributed by atoms with van der Waals surface area (Å²) in [6, 6.07) is 4.15. The third-order valence-corrected chi connectivity index (χ3v) is 6.91. The molecule has 0 saturated carbocycles. The van der Waals surface area contributed by atoms with E-state index in [1.54, 1.807) is 0 Å². The first-order valence-electron chi connectivity index (χ1n) is 13.0. The highest BCUT2D eigenvalue weighted by molar-refractivity contribution is 5.95. The summed E-state index contributed by atoms with van der Waals surface area (Å²) in [5, 5.41) is 11.8. The number of piperazine rings is 1. The monoisotopic (exact) mass is 508 g/mol. The quantitative estimate of drug-likeness (QED) is 0.290. The van der Waals surface area contributed by atoms with Crippen LogP contribution < -0.4 is 10.2 Å². The molecule has 1 aliphatic rings. The van der Waals surface area contributed by atoms with E-state index in [1.807, 2.05) is 31.0 Å². The highest BCUT2D eigenvalue weighted by Gasteiger charge is 2.20. The number of H-pyrrole nitrogens is 2. The van der Waals surface area contributed by atoms with Gasteiger partial charge < -0.3 is 20.1 Å². The van der Waals surface area contributed by atoms with E-state index in [2.05, 4.69) is 84.9 Å². The second kappa shape index (κ2) is 9.86. The van der Waals surface area contributed by atoms with Crippen LogP contribution in [0.4, 0.5) is 11.4 Å². The van der Waals surface area contributed by atoms with Gasteiger partial charge in [-0.2, -0.15) is 5.10 Å². The molecule has 10 nitrogen and oxygen atoms in total. The van der Waals surface area contributed by atoms with Crippen LogP contribution >= 0.6 is 0 Å². The van der Waals surface area contributed by atoms with E-state index in [0.29, 0.717) is 17.4 Å². The number of likely N-dealkylation sites (N-methyl/N-ethyl adjacent to an activating group) is 1. The highest BCUT2D eigenvalue weighted by Crippen LogP contribution is 2.32. The maximum absolute atomic E-state index is 4.99. The van der Waals surface area contributed by atoms with E-state index >= 15 is 0 Å². The molecular weight excluding hydrogens is 476 g/mol. The van der Waals surface area contributed by atoms with E-state index in [4.69, 9.17) is 4.98 Å². The van der Waals surface area contributed by atoms with Crippen molar-refractivity contribution in [2.75, 3.05) is 43.4 Å². The maximum Gasteiger partial charge on any atom is 0.181 e. The molecule has 5 aromatic rings. The van der Waals surface area contributed by atoms with Gasteiger partial charge in [-0.05, 0) is 31.5 Å². The van der Waals surface area contributed by atoms with Crippen LogP contribution in [0.25, 0.3) is 44.7 Å². The van der Waals surface area contributed by atoms with Gasteiger partial charge in [-0.15, -0.1) is 0 Å². The van der Waals surface area contributed by atoms with Gasteiger partial charge in [0.05, 0.1) is 40.9 Å². The zero-order valence-electron chi connectivity index (χ0n) is 22.0. The molecule has 0 atom stereocenters. The second-order valence-corrected chi connectivity index (χ2v) is 10.4. The summed E-state index contributed by atoms with van der Waals surface area (Å²) in [6.07, 6.45) is 10.1. The van der Waals surface area contributed by atoms with Crippen LogP contribution in [0.5, 0.6) is 0 Å². The Balaban J connectivity index is 1.34. The standard InChI is InChI=1S/C28H32N10/c1-17(2)9-18(3)32-21-10-19(12-29-14-21)20-11-22-25(35-36-27(22)31-13-20)28-33-23-15-30-16-24(26(23)34-28)38-7-5-37(4)6-8-38/h10-17,32H,3,5-9H2,1-2,4H3,(H,33,34)(H,31,35,36). The van der Waals surface area contributed by atoms with Gasteiger partial charge in [-0.1, -0.05) is 20.4 Å². The molecule has 0 aliphatic carbocycles. The lowest BCUT2D eigenvalue weighted by atomic mass is 10.1. The van der Waals surface area contributed by atoms with Gasteiger partial charge >= 0.3 is 0 Å². The average Bonchev–Trinajstić information content (AvgIpc) is 3.52. The number of rotatable bonds is 7. The van der Waals surface area contributed by atoms with Crippen molar-refractivity contribution in [2.24, 2.45) is 5.92 Å². The minimum Gasteiger partial charge on any atom is -0.366 e. The Bertz CT molecular complexity index is 1610. The number of hydrogen-bond donors (Lipinski definition) is 3. The molecule has 194 valence electrons. The fraction of sp³-hybridized carbons (Fsp3) is 0.321. The van der Waals surface area contributed by atoms with Crippen molar-refractivity contribution in [3.05, 3.63) is 55.4 Å². The molecule has 0 aromatic carbocycles.